The molecule has 1 heterocycles. The SMILES string of the molecule is COc1ccc(OC)c(NC(=O)Cc2cc3c(cc2C)OCCO3)c1. The van der Waals surface area contributed by atoms with Crippen molar-refractivity contribution in [3.8, 4) is 23.0 Å². The maximum absolute atomic E-state index is 12.5. The molecule has 0 unspecified atom stereocenters. The van der Waals surface area contributed by atoms with Crippen LogP contribution in [-0.2, 0) is 11.2 Å². The highest BCUT2D eigenvalue weighted by atomic mass is 16.6. The number of benzene rings is 2. The molecular formula is C19H21NO5. The molecule has 132 valence electrons. The Morgan fingerprint density at radius 3 is 2.48 bits per heavy atom. The Balaban J connectivity index is 1.77. The monoisotopic (exact) mass is 343 g/mol. The summed E-state index contributed by atoms with van der Waals surface area (Å²) < 4.78 is 21.6. The molecule has 2 aromatic carbocycles. The van der Waals surface area contributed by atoms with E-state index in [1.165, 1.54) is 0 Å². The molecular weight excluding hydrogens is 322 g/mol. The summed E-state index contributed by atoms with van der Waals surface area (Å²) in [5.74, 6) is 2.48. The van der Waals surface area contributed by atoms with Gasteiger partial charge in [0.1, 0.15) is 24.7 Å². The molecule has 0 atom stereocenters. The van der Waals surface area contributed by atoms with Crippen LogP contribution in [0.4, 0.5) is 5.69 Å². The van der Waals surface area contributed by atoms with E-state index in [-0.39, 0.29) is 12.3 Å². The third-order valence-electron chi connectivity index (χ3n) is 4.03. The minimum Gasteiger partial charge on any atom is -0.497 e. The molecule has 2 aromatic rings. The molecule has 25 heavy (non-hydrogen) atoms. The summed E-state index contributed by atoms with van der Waals surface area (Å²) in [5.41, 5.74) is 2.45. The fourth-order valence-corrected chi connectivity index (χ4v) is 2.70. The average molecular weight is 343 g/mol. The van der Waals surface area contributed by atoms with Gasteiger partial charge in [-0.1, -0.05) is 0 Å². The summed E-state index contributed by atoms with van der Waals surface area (Å²) in [5, 5.41) is 2.88. The minimum absolute atomic E-state index is 0.147. The van der Waals surface area contributed by atoms with E-state index >= 15 is 0 Å². The van der Waals surface area contributed by atoms with Crippen molar-refractivity contribution in [1.29, 1.82) is 0 Å². The molecule has 0 bridgehead atoms. The van der Waals surface area contributed by atoms with E-state index in [4.69, 9.17) is 18.9 Å². The normalized spacial score (nSPS) is 12.4. The lowest BCUT2D eigenvalue weighted by molar-refractivity contribution is -0.115. The third kappa shape index (κ3) is 3.79. The second-order valence-electron chi connectivity index (χ2n) is 5.71. The Labute approximate surface area is 146 Å². The molecule has 0 radical (unpaired) electrons. The molecule has 1 N–H and O–H groups in total. The van der Waals surface area contributed by atoms with Gasteiger partial charge in [-0.15, -0.1) is 0 Å². The van der Waals surface area contributed by atoms with E-state index in [1.807, 2.05) is 19.1 Å². The highest BCUT2D eigenvalue weighted by Crippen LogP contribution is 2.33. The van der Waals surface area contributed by atoms with Gasteiger partial charge >= 0.3 is 0 Å². The number of anilines is 1. The van der Waals surface area contributed by atoms with Crippen LogP contribution in [0.1, 0.15) is 11.1 Å². The molecule has 0 aromatic heterocycles. The predicted octanol–water partition coefficient (Wildman–Crippen LogP) is 2.96. The van der Waals surface area contributed by atoms with Gasteiger partial charge in [0.05, 0.1) is 26.3 Å². The van der Waals surface area contributed by atoms with Crippen LogP contribution in [0.3, 0.4) is 0 Å². The molecule has 0 saturated carbocycles. The Morgan fingerprint density at radius 1 is 1.08 bits per heavy atom. The average Bonchev–Trinajstić information content (AvgIpc) is 2.62. The Morgan fingerprint density at radius 2 is 1.80 bits per heavy atom. The number of hydrogen-bond donors (Lipinski definition) is 1. The maximum atomic E-state index is 12.5. The molecule has 0 saturated heterocycles. The first-order valence-electron chi connectivity index (χ1n) is 8.01. The van der Waals surface area contributed by atoms with Gasteiger partial charge in [-0.3, -0.25) is 4.79 Å². The lowest BCUT2D eigenvalue weighted by Crippen LogP contribution is -2.18. The maximum Gasteiger partial charge on any atom is 0.228 e. The van der Waals surface area contributed by atoms with Gasteiger partial charge < -0.3 is 24.3 Å². The Bertz CT molecular complexity index is 788. The molecule has 1 aliphatic rings. The van der Waals surface area contributed by atoms with Crippen molar-refractivity contribution in [1.82, 2.24) is 0 Å². The molecule has 1 aliphatic heterocycles. The van der Waals surface area contributed by atoms with Crippen molar-refractivity contribution in [3.05, 3.63) is 41.5 Å². The lowest BCUT2D eigenvalue weighted by atomic mass is 10.0. The summed E-state index contributed by atoms with van der Waals surface area (Å²) in [7, 11) is 3.13. The van der Waals surface area contributed by atoms with E-state index in [0.29, 0.717) is 36.1 Å². The lowest BCUT2D eigenvalue weighted by Gasteiger charge is -2.20. The van der Waals surface area contributed by atoms with Crippen molar-refractivity contribution >= 4 is 11.6 Å². The van der Waals surface area contributed by atoms with Gasteiger partial charge in [0, 0.05) is 6.07 Å². The van der Waals surface area contributed by atoms with Crippen LogP contribution in [0.15, 0.2) is 30.3 Å². The van der Waals surface area contributed by atoms with Crippen LogP contribution in [0.5, 0.6) is 23.0 Å². The highest BCUT2D eigenvalue weighted by molar-refractivity contribution is 5.94. The van der Waals surface area contributed by atoms with Crippen LogP contribution >= 0.6 is 0 Å². The smallest absolute Gasteiger partial charge is 0.228 e. The van der Waals surface area contributed by atoms with Gasteiger partial charge in [0.15, 0.2) is 11.5 Å². The molecule has 0 aliphatic carbocycles. The number of carbonyl (C=O) groups is 1. The number of carbonyl (C=O) groups excluding carboxylic acids is 1. The molecule has 6 heteroatoms. The number of ether oxygens (including phenoxy) is 4. The van der Waals surface area contributed by atoms with Crippen LogP contribution in [-0.4, -0.2) is 33.3 Å². The number of methoxy groups -OCH3 is 2. The van der Waals surface area contributed by atoms with E-state index in [2.05, 4.69) is 5.32 Å². The van der Waals surface area contributed by atoms with E-state index in [9.17, 15) is 4.79 Å². The number of rotatable bonds is 5. The zero-order valence-electron chi connectivity index (χ0n) is 14.5. The molecule has 0 spiro atoms. The van der Waals surface area contributed by atoms with E-state index < -0.39 is 0 Å². The molecule has 0 fully saturated rings. The van der Waals surface area contributed by atoms with Gasteiger partial charge in [-0.2, -0.15) is 0 Å². The summed E-state index contributed by atoms with van der Waals surface area (Å²) in [6.45, 7) is 3.01. The largest absolute Gasteiger partial charge is 0.497 e. The van der Waals surface area contributed by atoms with Gasteiger partial charge in [-0.05, 0) is 42.3 Å². The van der Waals surface area contributed by atoms with Crippen molar-refractivity contribution in [2.45, 2.75) is 13.3 Å². The fourth-order valence-electron chi connectivity index (χ4n) is 2.70. The van der Waals surface area contributed by atoms with Crippen molar-refractivity contribution in [3.63, 3.8) is 0 Å². The summed E-state index contributed by atoms with van der Waals surface area (Å²) in [6.07, 6.45) is 0.225. The van der Waals surface area contributed by atoms with Crippen LogP contribution in [0, 0.1) is 6.92 Å². The zero-order valence-corrected chi connectivity index (χ0v) is 14.5. The first-order valence-corrected chi connectivity index (χ1v) is 8.01. The van der Waals surface area contributed by atoms with E-state index in [1.54, 1.807) is 32.4 Å². The Hall–Kier alpha value is -2.89. The number of fused-ring (bicyclic) bond motifs is 1. The van der Waals surface area contributed by atoms with Gasteiger partial charge in [0.25, 0.3) is 0 Å². The second-order valence-corrected chi connectivity index (χ2v) is 5.71. The van der Waals surface area contributed by atoms with Crippen molar-refractivity contribution in [2.75, 3.05) is 32.8 Å². The summed E-state index contributed by atoms with van der Waals surface area (Å²) in [4.78, 5) is 12.5. The first kappa shape index (κ1) is 17.0. The minimum atomic E-state index is -0.147. The quantitative estimate of drug-likeness (QED) is 0.904. The molecule has 6 nitrogen and oxygen atoms in total. The Kier molecular flexibility index (Phi) is 4.97. The van der Waals surface area contributed by atoms with E-state index in [0.717, 1.165) is 16.9 Å². The number of amides is 1. The van der Waals surface area contributed by atoms with Crippen LogP contribution in [0.2, 0.25) is 0 Å². The number of nitrogens with one attached hydrogen (secondary N) is 1. The first-order chi connectivity index (χ1) is 12.1. The molecule has 3 rings (SSSR count). The van der Waals surface area contributed by atoms with Gasteiger partial charge in [-0.25, -0.2) is 0 Å². The second kappa shape index (κ2) is 7.34. The number of hydrogen-bond acceptors (Lipinski definition) is 5. The van der Waals surface area contributed by atoms with Crippen LogP contribution < -0.4 is 24.3 Å². The molecule has 1 amide bonds. The van der Waals surface area contributed by atoms with Crippen molar-refractivity contribution in [2.24, 2.45) is 0 Å². The summed E-state index contributed by atoms with van der Waals surface area (Å²) in [6, 6.07) is 9.03. The topological polar surface area (TPSA) is 66.0 Å². The number of aryl methyl sites for hydroxylation is 1. The zero-order chi connectivity index (χ0) is 17.8. The van der Waals surface area contributed by atoms with Crippen molar-refractivity contribution < 1.29 is 23.7 Å². The standard InChI is InChI=1S/C19H21NO5/c1-12-8-17-18(25-7-6-24-17)9-13(12)10-19(21)20-15-11-14(22-2)4-5-16(15)23-3/h4-5,8-9,11H,6-7,10H2,1-3H3,(H,20,21). The highest BCUT2D eigenvalue weighted by Gasteiger charge is 2.16. The van der Waals surface area contributed by atoms with Gasteiger partial charge in [0.2, 0.25) is 5.91 Å². The third-order valence-corrected chi connectivity index (χ3v) is 4.03. The summed E-state index contributed by atoms with van der Waals surface area (Å²) >= 11 is 0. The predicted molar refractivity (Wildman–Crippen MR) is 94.0 cm³/mol. The van der Waals surface area contributed by atoms with Crippen LogP contribution in [0.25, 0.3) is 0 Å². The fraction of sp³-hybridized carbons (Fsp3) is 0.316.